The van der Waals surface area contributed by atoms with E-state index in [-0.39, 0.29) is 24.9 Å². The number of aliphatic carboxylic acids is 1. The zero-order valence-electron chi connectivity index (χ0n) is 13.4. The number of thiazole rings is 1. The quantitative estimate of drug-likeness (QED) is 0.920. The van der Waals surface area contributed by atoms with Crippen molar-refractivity contribution in [1.29, 1.82) is 0 Å². The number of hydrogen-bond donors (Lipinski definition) is 1. The Morgan fingerprint density at radius 1 is 1.42 bits per heavy atom. The number of nitrogens with zero attached hydrogens (tertiary/aromatic N) is 3. The molecule has 2 aromatic heterocycles. The van der Waals surface area contributed by atoms with Gasteiger partial charge in [-0.3, -0.25) is 14.6 Å². The molecule has 0 saturated carbocycles. The standard InChI is InChI=1S/C17H19N3O3S/c1-11-4-5-13(17(22)23)9-20(11)15(21)7-14-10-24-16(19-14)12-3-2-6-18-8-12/h2-3,6,8,10-11,13H,4-5,7,9H2,1H3,(H,22,23). The highest BCUT2D eigenvalue weighted by Crippen LogP contribution is 2.25. The number of pyridine rings is 1. The lowest BCUT2D eigenvalue weighted by atomic mass is 9.93. The molecular weight excluding hydrogens is 326 g/mol. The van der Waals surface area contributed by atoms with E-state index in [2.05, 4.69) is 9.97 Å². The molecule has 0 aromatic carbocycles. The Kier molecular flexibility index (Phi) is 4.89. The van der Waals surface area contributed by atoms with Gasteiger partial charge in [0.1, 0.15) is 5.01 Å². The fourth-order valence-corrected chi connectivity index (χ4v) is 3.73. The van der Waals surface area contributed by atoms with E-state index in [0.29, 0.717) is 12.1 Å². The molecule has 2 atom stereocenters. The molecule has 3 heterocycles. The van der Waals surface area contributed by atoms with Crippen LogP contribution >= 0.6 is 11.3 Å². The Hall–Kier alpha value is -2.28. The van der Waals surface area contributed by atoms with Gasteiger partial charge in [-0.25, -0.2) is 4.98 Å². The van der Waals surface area contributed by atoms with E-state index in [1.165, 1.54) is 11.3 Å². The Labute approximate surface area is 144 Å². The van der Waals surface area contributed by atoms with E-state index < -0.39 is 11.9 Å². The Morgan fingerprint density at radius 2 is 2.25 bits per heavy atom. The number of amides is 1. The van der Waals surface area contributed by atoms with E-state index >= 15 is 0 Å². The summed E-state index contributed by atoms with van der Waals surface area (Å²) in [4.78, 5) is 34.0. The minimum atomic E-state index is -0.827. The van der Waals surface area contributed by atoms with Gasteiger partial charge in [0.15, 0.2) is 0 Å². The first kappa shape index (κ1) is 16.6. The molecule has 24 heavy (non-hydrogen) atoms. The summed E-state index contributed by atoms with van der Waals surface area (Å²) in [6.07, 6.45) is 5.00. The normalized spacial score (nSPS) is 20.8. The number of carbonyl (C=O) groups excluding carboxylic acids is 1. The first-order valence-electron chi connectivity index (χ1n) is 7.91. The monoisotopic (exact) mass is 345 g/mol. The summed E-state index contributed by atoms with van der Waals surface area (Å²) in [5.41, 5.74) is 1.65. The van der Waals surface area contributed by atoms with Gasteiger partial charge in [-0.15, -0.1) is 11.3 Å². The summed E-state index contributed by atoms with van der Waals surface area (Å²) >= 11 is 1.48. The van der Waals surface area contributed by atoms with Crippen molar-refractivity contribution in [1.82, 2.24) is 14.9 Å². The first-order valence-corrected chi connectivity index (χ1v) is 8.79. The lowest BCUT2D eigenvalue weighted by Gasteiger charge is -2.36. The second-order valence-corrected chi connectivity index (χ2v) is 6.93. The van der Waals surface area contributed by atoms with Crippen LogP contribution in [0.2, 0.25) is 0 Å². The molecule has 1 N–H and O–H groups in total. The third kappa shape index (κ3) is 3.62. The Morgan fingerprint density at radius 3 is 2.96 bits per heavy atom. The van der Waals surface area contributed by atoms with Gasteiger partial charge in [-0.1, -0.05) is 0 Å². The lowest BCUT2D eigenvalue weighted by Crippen LogP contribution is -2.47. The predicted molar refractivity (Wildman–Crippen MR) is 90.6 cm³/mol. The van der Waals surface area contributed by atoms with Crippen LogP contribution in [0.1, 0.15) is 25.5 Å². The molecule has 1 fully saturated rings. The smallest absolute Gasteiger partial charge is 0.308 e. The molecule has 6 nitrogen and oxygen atoms in total. The SMILES string of the molecule is CC1CCC(C(=O)O)CN1C(=O)Cc1csc(-c2cccnc2)n1. The van der Waals surface area contributed by atoms with Gasteiger partial charge in [-0.2, -0.15) is 0 Å². The molecule has 0 aliphatic carbocycles. The van der Waals surface area contributed by atoms with Crippen LogP contribution in [0.5, 0.6) is 0 Å². The predicted octanol–water partition coefficient (Wildman–Crippen LogP) is 2.46. The van der Waals surface area contributed by atoms with Crippen molar-refractivity contribution in [2.45, 2.75) is 32.2 Å². The Balaban J connectivity index is 1.68. The topological polar surface area (TPSA) is 83.4 Å². The van der Waals surface area contributed by atoms with Crippen LogP contribution in [-0.2, 0) is 16.0 Å². The minimum absolute atomic E-state index is 0.0588. The molecule has 0 radical (unpaired) electrons. The number of hydrogen-bond acceptors (Lipinski definition) is 5. The van der Waals surface area contributed by atoms with E-state index in [9.17, 15) is 14.7 Å². The Bertz CT molecular complexity index is 732. The van der Waals surface area contributed by atoms with Crippen molar-refractivity contribution < 1.29 is 14.7 Å². The number of likely N-dealkylation sites (tertiary alicyclic amines) is 1. The molecule has 2 unspecified atom stereocenters. The van der Waals surface area contributed by atoms with Crippen LogP contribution in [-0.4, -0.2) is 44.4 Å². The summed E-state index contributed by atoms with van der Waals surface area (Å²) < 4.78 is 0. The van der Waals surface area contributed by atoms with Crippen molar-refractivity contribution in [2.24, 2.45) is 5.92 Å². The summed E-state index contributed by atoms with van der Waals surface area (Å²) in [6, 6.07) is 3.86. The number of carboxylic acids is 1. The molecule has 0 spiro atoms. The number of aromatic nitrogens is 2. The minimum Gasteiger partial charge on any atom is -0.481 e. The number of carboxylic acid groups (broad SMARTS) is 1. The molecule has 0 bridgehead atoms. The van der Waals surface area contributed by atoms with E-state index in [1.54, 1.807) is 17.3 Å². The van der Waals surface area contributed by atoms with Crippen molar-refractivity contribution in [3.05, 3.63) is 35.6 Å². The molecule has 7 heteroatoms. The lowest BCUT2D eigenvalue weighted by molar-refractivity contribution is -0.147. The second kappa shape index (κ2) is 7.09. The molecular formula is C17H19N3O3S. The average molecular weight is 345 g/mol. The summed E-state index contributed by atoms with van der Waals surface area (Å²) in [6.45, 7) is 2.26. The number of piperidine rings is 1. The molecule has 1 aliphatic heterocycles. The highest BCUT2D eigenvalue weighted by atomic mass is 32.1. The van der Waals surface area contributed by atoms with Gasteiger partial charge < -0.3 is 10.0 Å². The van der Waals surface area contributed by atoms with Crippen LogP contribution in [0.15, 0.2) is 29.9 Å². The molecule has 126 valence electrons. The van der Waals surface area contributed by atoms with E-state index in [4.69, 9.17) is 0 Å². The van der Waals surface area contributed by atoms with Crippen LogP contribution in [0.4, 0.5) is 0 Å². The number of rotatable bonds is 4. The zero-order chi connectivity index (χ0) is 17.1. The zero-order valence-corrected chi connectivity index (χ0v) is 14.2. The van der Waals surface area contributed by atoms with Gasteiger partial charge in [0.2, 0.25) is 5.91 Å². The van der Waals surface area contributed by atoms with Gasteiger partial charge in [-0.05, 0) is 31.9 Å². The van der Waals surface area contributed by atoms with Crippen molar-refractivity contribution in [3.8, 4) is 10.6 Å². The third-order valence-electron chi connectivity index (χ3n) is 4.34. The molecule has 1 aliphatic rings. The summed E-state index contributed by atoms with van der Waals surface area (Å²) in [7, 11) is 0. The van der Waals surface area contributed by atoms with Crippen LogP contribution < -0.4 is 0 Å². The summed E-state index contributed by atoms with van der Waals surface area (Å²) in [5, 5.41) is 11.9. The van der Waals surface area contributed by atoms with Crippen LogP contribution in [0, 0.1) is 5.92 Å². The third-order valence-corrected chi connectivity index (χ3v) is 5.28. The van der Waals surface area contributed by atoms with Crippen LogP contribution in [0.3, 0.4) is 0 Å². The fourth-order valence-electron chi connectivity index (χ4n) is 2.92. The first-order chi connectivity index (χ1) is 11.5. The van der Waals surface area contributed by atoms with Gasteiger partial charge in [0.05, 0.1) is 18.0 Å². The maximum absolute atomic E-state index is 12.6. The van der Waals surface area contributed by atoms with Gasteiger partial charge >= 0.3 is 5.97 Å². The van der Waals surface area contributed by atoms with Crippen molar-refractivity contribution >= 4 is 23.2 Å². The molecule has 2 aromatic rings. The van der Waals surface area contributed by atoms with Crippen LogP contribution in [0.25, 0.3) is 10.6 Å². The maximum Gasteiger partial charge on any atom is 0.308 e. The summed E-state index contributed by atoms with van der Waals surface area (Å²) in [5.74, 6) is -1.35. The van der Waals surface area contributed by atoms with Crippen molar-refractivity contribution in [2.75, 3.05) is 6.54 Å². The second-order valence-electron chi connectivity index (χ2n) is 6.07. The van der Waals surface area contributed by atoms with E-state index in [1.807, 2.05) is 24.4 Å². The molecule has 3 rings (SSSR count). The fraction of sp³-hybridized carbons (Fsp3) is 0.412. The van der Waals surface area contributed by atoms with Gasteiger partial charge in [0, 0.05) is 35.9 Å². The molecule has 1 saturated heterocycles. The highest BCUT2D eigenvalue weighted by molar-refractivity contribution is 7.13. The largest absolute Gasteiger partial charge is 0.481 e. The maximum atomic E-state index is 12.6. The van der Waals surface area contributed by atoms with E-state index in [0.717, 1.165) is 17.0 Å². The average Bonchev–Trinajstić information content (AvgIpc) is 3.04. The highest BCUT2D eigenvalue weighted by Gasteiger charge is 2.32. The van der Waals surface area contributed by atoms with Gasteiger partial charge in [0.25, 0.3) is 0 Å². The molecule has 1 amide bonds. The number of carbonyl (C=O) groups is 2. The van der Waals surface area contributed by atoms with Crippen molar-refractivity contribution in [3.63, 3.8) is 0 Å².